The second-order valence-corrected chi connectivity index (χ2v) is 13.0. The molecular weight excluding hydrogens is 635 g/mol. The van der Waals surface area contributed by atoms with E-state index >= 15 is 0 Å². The molecule has 6 rings (SSSR count). The molecule has 1 amide bonds. The number of carbonyl (C=O) groups excluding carboxylic acids is 1. The van der Waals surface area contributed by atoms with Crippen LogP contribution in [-0.4, -0.2) is 56.3 Å². The Labute approximate surface area is 264 Å². The number of thioether (sulfide) groups is 1. The zero-order chi connectivity index (χ0) is 31.8. The van der Waals surface area contributed by atoms with Crippen LogP contribution in [0, 0.1) is 0 Å². The second-order valence-electron chi connectivity index (χ2n) is 10.5. The van der Waals surface area contributed by atoms with Crippen molar-refractivity contribution in [2.75, 3.05) is 23.7 Å². The van der Waals surface area contributed by atoms with Crippen molar-refractivity contribution in [3.05, 3.63) is 86.0 Å². The minimum atomic E-state index is -4.64. The van der Waals surface area contributed by atoms with Gasteiger partial charge in [0.1, 0.15) is 5.82 Å². The van der Waals surface area contributed by atoms with Gasteiger partial charge in [-0.1, -0.05) is 24.2 Å². The maximum atomic E-state index is 14.6. The van der Waals surface area contributed by atoms with Gasteiger partial charge in [-0.15, -0.1) is 23.1 Å². The normalized spacial score (nSPS) is 18.4. The number of hydrogen-bond donors (Lipinski definition) is 1. The van der Waals surface area contributed by atoms with Crippen LogP contribution >= 0.6 is 34.7 Å². The average molecular weight is 664 g/mol. The number of halogens is 4. The molecule has 0 radical (unpaired) electrons. The molecule has 5 heterocycles. The van der Waals surface area contributed by atoms with Gasteiger partial charge < -0.3 is 14.8 Å². The third-order valence-electron chi connectivity index (χ3n) is 7.42. The van der Waals surface area contributed by atoms with Gasteiger partial charge in [0.2, 0.25) is 11.5 Å². The highest BCUT2D eigenvalue weighted by Crippen LogP contribution is 2.49. The van der Waals surface area contributed by atoms with Crippen molar-refractivity contribution in [1.82, 2.24) is 19.4 Å². The number of thiophene rings is 1. The summed E-state index contributed by atoms with van der Waals surface area (Å²) in [5, 5.41) is 2.25. The standard InChI is InChI=1S/C25H24ClF3N4O2S2.C5H5NO/c1-4-19(34)33-13(2)10-31(11-14(33)3)23-16-9-17(25(27,28)29)20(18-8-15(26)12-37-18)22-21(16)32(24(35)30-23)6-5-7-36-22;7-5-3-1-2-4-6-5/h4,8-9,12-14H,1,5-7,10-11H2,2-3H3;1-4H,(H,6,7)/t13-,14+;. The Bertz CT molecular complexity index is 1810. The van der Waals surface area contributed by atoms with Crippen molar-refractivity contribution in [2.45, 2.75) is 50.0 Å². The van der Waals surface area contributed by atoms with Crippen LogP contribution in [-0.2, 0) is 17.5 Å². The molecule has 3 aromatic heterocycles. The second kappa shape index (κ2) is 12.8. The number of nitrogens with zero attached hydrogens (tertiary/aromatic N) is 4. The van der Waals surface area contributed by atoms with E-state index in [2.05, 4.69) is 16.5 Å². The fourth-order valence-electron chi connectivity index (χ4n) is 5.70. The summed E-state index contributed by atoms with van der Waals surface area (Å²) in [6, 6.07) is 7.08. The van der Waals surface area contributed by atoms with Gasteiger partial charge in [-0.2, -0.15) is 18.2 Å². The highest BCUT2D eigenvalue weighted by Gasteiger charge is 2.39. The minimum absolute atomic E-state index is 0.0530. The number of piperazine rings is 1. The number of amides is 1. The molecule has 1 saturated heterocycles. The number of rotatable bonds is 3. The summed E-state index contributed by atoms with van der Waals surface area (Å²) >= 11 is 8.58. The number of aromatic amines is 1. The number of hydrogen-bond acceptors (Lipinski definition) is 7. The molecule has 1 aromatic carbocycles. The predicted molar refractivity (Wildman–Crippen MR) is 170 cm³/mol. The van der Waals surface area contributed by atoms with Crippen molar-refractivity contribution in [1.29, 1.82) is 0 Å². The quantitative estimate of drug-likeness (QED) is 0.260. The van der Waals surface area contributed by atoms with Crippen LogP contribution in [0.3, 0.4) is 0 Å². The smallest absolute Gasteiger partial charge is 0.352 e. The Kier molecular flexibility index (Phi) is 9.28. The van der Waals surface area contributed by atoms with Crippen LogP contribution in [0.4, 0.5) is 19.0 Å². The van der Waals surface area contributed by atoms with Gasteiger partial charge >= 0.3 is 11.9 Å². The number of aromatic nitrogens is 3. The summed E-state index contributed by atoms with van der Waals surface area (Å²) in [6.45, 7) is 8.31. The Morgan fingerprint density at radius 1 is 1.18 bits per heavy atom. The Balaban J connectivity index is 0.000000484. The molecule has 8 nitrogen and oxygen atoms in total. The summed E-state index contributed by atoms with van der Waals surface area (Å²) in [7, 11) is 0. The first-order valence-electron chi connectivity index (χ1n) is 13.8. The number of nitrogens with one attached hydrogen (secondary N) is 1. The van der Waals surface area contributed by atoms with Crippen LogP contribution in [0.25, 0.3) is 21.3 Å². The van der Waals surface area contributed by atoms with Crippen LogP contribution in [0.1, 0.15) is 25.8 Å². The summed E-state index contributed by atoms with van der Waals surface area (Å²) in [6.07, 6.45) is -1.16. The Hall–Kier alpha value is -3.55. The molecule has 232 valence electrons. The molecule has 1 N–H and O–H groups in total. The number of aryl methyl sites for hydroxylation is 1. The molecule has 44 heavy (non-hydrogen) atoms. The summed E-state index contributed by atoms with van der Waals surface area (Å²) in [4.78, 5) is 47.0. The lowest BCUT2D eigenvalue weighted by molar-refractivity contribution is -0.137. The van der Waals surface area contributed by atoms with E-state index in [0.717, 1.165) is 17.4 Å². The van der Waals surface area contributed by atoms with E-state index < -0.39 is 17.4 Å². The first-order valence-corrected chi connectivity index (χ1v) is 16.0. The van der Waals surface area contributed by atoms with Crippen LogP contribution in [0.5, 0.6) is 0 Å². The fourth-order valence-corrected chi connectivity index (χ4v) is 8.11. The van der Waals surface area contributed by atoms with Crippen molar-refractivity contribution in [3.8, 4) is 10.4 Å². The summed E-state index contributed by atoms with van der Waals surface area (Å²) in [5.41, 5.74) is -0.807. The number of pyridine rings is 1. The van der Waals surface area contributed by atoms with Gasteiger partial charge in [0.25, 0.3) is 0 Å². The molecule has 0 bridgehead atoms. The van der Waals surface area contributed by atoms with Gasteiger partial charge in [0.15, 0.2) is 0 Å². The van der Waals surface area contributed by atoms with Crippen molar-refractivity contribution in [2.24, 2.45) is 0 Å². The summed E-state index contributed by atoms with van der Waals surface area (Å²) < 4.78 is 45.2. The van der Waals surface area contributed by atoms with E-state index in [1.54, 1.807) is 28.6 Å². The van der Waals surface area contributed by atoms with E-state index in [9.17, 15) is 27.6 Å². The molecule has 1 fully saturated rings. The van der Waals surface area contributed by atoms with Gasteiger partial charge in [-0.05, 0) is 50.3 Å². The monoisotopic (exact) mass is 663 g/mol. The van der Waals surface area contributed by atoms with E-state index in [1.807, 2.05) is 18.7 Å². The van der Waals surface area contributed by atoms with Crippen molar-refractivity contribution in [3.63, 3.8) is 0 Å². The van der Waals surface area contributed by atoms with E-state index in [1.165, 1.54) is 34.5 Å². The molecular formula is C30H29ClF3N5O3S2. The number of anilines is 1. The van der Waals surface area contributed by atoms with Crippen LogP contribution < -0.4 is 16.1 Å². The third kappa shape index (κ3) is 6.31. The molecule has 2 aliphatic rings. The third-order valence-corrected chi connectivity index (χ3v) is 9.89. The maximum Gasteiger partial charge on any atom is 0.417 e. The van der Waals surface area contributed by atoms with E-state index in [-0.39, 0.29) is 40.3 Å². The lowest BCUT2D eigenvalue weighted by Gasteiger charge is -2.44. The van der Waals surface area contributed by atoms with Gasteiger partial charge in [-0.25, -0.2) is 4.79 Å². The molecule has 2 aliphatic heterocycles. The van der Waals surface area contributed by atoms with Crippen molar-refractivity contribution >= 4 is 57.3 Å². The molecule has 2 atom stereocenters. The van der Waals surface area contributed by atoms with Gasteiger partial charge in [0, 0.05) is 70.1 Å². The number of alkyl halides is 3. The lowest BCUT2D eigenvalue weighted by Crippen LogP contribution is -2.58. The number of carbonyl (C=O) groups is 1. The molecule has 4 aromatic rings. The first-order chi connectivity index (χ1) is 20.9. The zero-order valence-corrected chi connectivity index (χ0v) is 26.2. The van der Waals surface area contributed by atoms with Crippen molar-refractivity contribution < 1.29 is 18.0 Å². The number of benzene rings is 1. The Morgan fingerprint density at radius 2 is 1.91 bits per heavy atom. The molecule has 0 saturated carbocycles. The number of H-pyrrole nitrogens is 1. The van der Waals surface area contributed by atoms with Crippen LogP contribution in [0.2, 0.25) is 5.02 Å². The van der Waals surface area contributed by atoms with E-state index in [4.69, 9.17) is 11.6 Å². The zero-order valence-electron chi connectivity index (χ0n) is 23.9. The van der Waals surface area contributed by atoms with E-state index in [0.29, 0.717) is 52.1 Å². The topological polar surface area (TPSA) is 91.3 Å². The molecule has 0 unspecified atom stereocenters. The van der Waals surface area contributed by atoms with Crippen LogP contribution in [0.15, 0.2) is 69.0 Å². The summed E-state index contributed by atoms with van der Waals surface area (Å²) in [5.74, 6) is 0.566. The highest BCUT2D eigenvalue weighted by atomic mass is 35.5. The maximum absolute atomic E-state index is 14.6. The Morgan fingerprint density at radius 3 is 2.45 bits per heavy atom. The van der Waals surface area contributed by atoms with Gasteiger partial charge in [-0.3, -0.25) is 14.2 Å². The molecule has 0 spiro atoms. The lowest BCUT2D eigenvalue weighted by atomic mass is 10.0. The predicted octanol–water partition coefficient (Wildman–Crippen LogP) is 6.28. The fraction of sp³-hybridized carbons (Fsp3) is 0.333. The minimum Gasteiger partial charge on any atom is -0.352 e. The first kappa shape index (κ1) is 31.9. The largest absolute Gasteiger partial charge is 0.417 e. The average Bonchev–Trinajstić information content (AvgIpc) is 3.27. The highest BCUT2D eigenvalue weighted by molar-refractivity contribution is 7.99. The SMILES string of the molecule is C=CC(=O)N1[C@H](C)CN(c2nc(=O)n3c4c(c(-c5cc(Cl)cs5)c(C(F)(F)F)cc24)SCCC3)C[C@@H]1C.O=c1cccc[nH]1. The molecule has 14 heteroatoms. The molecule has 0 aliphatic carbocycles. The van der Waals surface area contributed by atoms with Gasteiger partial charge in [0.05, 0.1) is 16.1 Å².